The van der Waals surface area contributed by atoms with Gasteiger partial charge in [-0.3, -0.25) is 14.4 Å². The molecule has 1 atom stereocenters. The molecule has 0 aromatic carbocycles. The zero-order valence-electron chi connectivity index (χ0n) is 25.7. The van der Waals surface area contributed by atoms with E-state index in [1.807, 2.05) is 0 Å². The maximum Gasteiger partial charge on any atom is 0.322 e. The summed E-state index contributed by atoms with van der Waals surface area (Å²) >= 11 is 0. The lowest BCUT2D eigenvalue weighted by Crippen LogP contribution is -2.28. The predicted octanol–water partition coefficient (Wildman–Crippen LogP) is 9.00. The van der Waals surface area contributed by atoms with E-state index in [0.717, 1.165) is 77.0 Å². The van der Waals surface area contributed by atoms with Gasteiger partial charge in [0.05, 0.1) is 0 Å². The molecule has 0 radical (unpaired) electrons. The molecule has 1 amide bonds. The molecule has 40 heavy (non-hydrogen) atoms. The van der Waals surface area contributed by atoms with Crippen molar-refractivity contribution in [1.29, 1.82) is 0 Å². The van der Waals surface area contributed by atoms with E-state index in [9.17, 15) is 14.4 Å². The molecule has 6 heteroatoms. The fourth-order valence-corrected chi connectivity index (χ4v) is 4.45. The SMILES string of the molecule is CC/C=C\C/C=C\C/C=C\C(CCCCCCCCC(=O)NCC(=O)O)OC(=O)CCCCCCCCCCC. The highest BCUT2D eigenvalue weighted by molar-refractivity contribution is 5.80. The molecule has 0 aliphatic heterocycles. The third-order valence-corrected chi connectivity index (χ3v) is 6.81. The lowest BCUT2D eigenvalue weighted by Gasteiger charge is -2.14. The summed E-state index contributed by atoms with van der Waals surface area (Å²) in [5.41, 5.74) is 0. The lowest BCUT2D eigenvalue weighted by molar-refractivity contribution is -0.147. The summed E-state index contributed by atoms with van der Waals surface area (Å²) in [5.74, 6) is -1.31. The van der Waals surface area contributed by atoms with Crippen LogP contribution in [0.1, 0.15) is 149 Å². The van der Waals surface area contributed by atoms with Crippen LogP contribution in [0.3, 0.4) is 0 Å². The first-order chi connectivity index (χ1) is 19.5. The van der Waals surface area contributed by atoms with Crippen molar-refractivity contribution >= 4 is 17.8 Å². The number of ether oxygens (including phenoxy) is 1. The Morgan fingerprint density at radius 3 is 1.80 bits per heavy atom. The molecule has 0 aliphatic rings. The molecule has 0 spiro atoms. The van der Waals surface area contributed by atoms with E-state index < -0.39 is 5.97 Å². The van der Waals surface area contributed by atoms with Crippen molar-refractivity contribution in [2.45, 2.75) is 155 Å². The third-order valence-electron chi connectivity index (χ3n) is 6.81. The molecule has 2 N–H and O–H groups in total. The molecule has 6 nitrogen and oxygen atoms in total. The number of carboxylic acid groups (broad SMARTS) is 1. The molecule has 0 aromatic rings. The number of hydrogen-bond donors (Lipinski definition) is 2. The minimum Gasteiger partial charge on any atom is -0.480 e. The topological polar surface area (TPSA) is 92.7 Å². The number of amides is 1. The first-order valence-electron chi connectivity index (χ1n) is 16.1. The van der Waals surface area contributed by atoms with Crippen molar-refractivity contribution < 1.29 is 24.2 Å². The van der Waals surface area contributed by atoms with Crippen LogP contribution < -0.4 is 5.32 Å². The van der Waals surface area contributed by atoms with Gasteiger partial charge in [0.1, 0.15) is 12.6 Å². The first kappa shape index (κ1) is 37.6. The average molecular weight is 562 g/mol. The summed E-state index contributed by atoms with van der Waals surface area (Å²) < 4.78 is 5.85. The van der Waals surface area contributed by atoms with Gasteiger partial charge in [-0.1, -0.05) is 121 Å². The van der Waals surface area contributed by atoms with Gasteiger partial charge in [0, 0.05) is 12.8 Å². The predicted molar refractivity (Wildman–Crippen MR) is 166 cm³/mol. The zero-order chi connectivity index (χ0) is 29.5. The number of hydrogen-bond acceptors (Lipinski definition) is 4. The highest BCUT2D eigenvalue weighted by Gasteiger charge is 2.11. The smallest absolute Gasteiger partial charge is 0.322 e. The van der Waals surface area contributed by atoms with Gasteiger partial charge in [0.15, 0.2) is 0 Å². The summed E-state index contributed by atoms with van der Waals surface area (Å²) in [6.45, 7) is 4.06. The molecule has 0 saturated heterocycles. The van der Waals surface area contributed by atoms with Crippen molar-refractivity contribution in [3.05, 3.63) is 36.5 Å². The van der Waals surface area contributed by atoms with Crippen LogP contribution >= 0.6 is 0 Å². The number of unbranched alkanes of at least 4 members (excludes halogenated alkanes) is 13. The summed E-state index contributed by atoms with van der Waals surface area (Å²) in [5, 5.41) is 11.0. The van der Waals surface area contributed by atoms with E-state index in [4.69, 9.17) is 9.84 Å². The molecule has 0 aromatic heterocycles. The van der Waals surface area contributed by atoms with Gasteiger partial charge in [0.25, 0.3) is 0 Å². The van der Waals surface area contributed by atoms with E-state index in [1.54, 1.807) is 0 Å². The van der Waals surface area contributed by atoms with Gasteiger partial charge in [-0.25, -0.2) is 0 Å². The van der Waals surface area contributed by atoms with Gasteiger partial charge in [-0.2, -0.15) is 0 Å². The van der Waals surface area contributed by atoms with Crippen molar-refractivity contribution in [3.63, 3.8) is 0 Å². The molecular weight excluding hydrogens is 502 g/mol. The fraction of sp³-hybridized carbons (Fsp3) is 0.735. The van der Waals surface area contributed by atoms with Crippen molar-refractivity contribution in [2.24, 2.45) is 0 Å². The second-order valence-electron chi connectivity index (χ2n) is 10.7. The van der Waals surface area contributed by atoms with Crippen LogP contribution in [0.15, 0.2) is 36.5 Å². The standard InChI is InChI=1S/C34H59NO5/c1-3-5-7-9-11-13-15-21-25-29-34(39)40-31(26-22-18-14-12-10-8-6-4-2)27-23-19-16-17-20-24-28-32(36)35-30-33(37)38/h6,8,12,14,22,26,31H,3-5,7,9-11,13,15-21,23-25,27-30H2,1-2H3,(H,35,36)(H,37,38)/b8-6-,14-12-,26-22-. The number of allylic oxidation sites excluding steroid dienone is 5. The zero-order valence-corrected chi connectivity index (χ0v) is 25.7. The minimum atomic E-state index is -1.02. The van der Waals surface area contributed by atoms with Gasteiger partial charge in [-0.15, -0.1) is 0 Å². The molecule has 0 bridgehead atoms. The fourth-order valence-electron chi connectivity index (χ4n) is 4.45. The highest BCUT2D eigenvalue weighted by Crippen LogP contribution is 2.15. The second-order valence-corrected chi connectivity index (χ2v) is 10.7. The number of carbonyl (C=O) groups excluding carboxylic acids is 2. The van der Waals surface area contributed by atoms with Crippen LogP contribution in [0.2, 0.25) is 0 Å². The highest BCUT2D eigenvalue weighted by atomic mass is 16.5. The number of nitrogens with one attached hydrogen (secondary N) is 1. The molecule has 0 aliphatic carbocycles. The van der Waals surface area contributed by atoms with Gasteiger partial charge in [0.2, 0.25) is 5.91 Å². The van der Waals surface area contributed by atoms with E-state index in [2.05, 4.69) is 55.6 Å². The van der Waals surface area contributed by atoms with Crippen LogP contribution in [0.5, 0.6) is 0 Å². The Labute approximate surface area is 245 Å². The quantitative estimate of drug-likeness (QED) is 0.0565. The molecule has 0 fully saturated rings. The van der Waals surface area contributed by atoms with Gasteiger partial charge < -0.3 is 15.2 Å². The number of aliphatic carboxylic acids is 1. The third kappa shape index (κ3) is 28.6. The van der Waals surface area contributed by atoms with E-state index in [1.165, 1.54) is 44.9 Å². The number of carboxylic acids is 1. The Kier molecular flexibility index (Phi) is 27.9. The normalized spacial score (nSPS) is 12.4. The lowest BCUT2D eigenvalue weighted by atomic mass is 10.1. The Bertz CT molecular complexity index is 713. The largest absolute Gasteiger partial charge is 0.480 e. The second kappa shape index (κ2) is 29.6. The van der Waals surface area contributed by atoms with Crippen molar-refractivity contribution in [3.8, 4) is 0 Å². The summed E-state index contributed by atoms with van der Waals surface area (Å²) in [6, 6.07) is 0. The van der Waals surface area contributed by atoms with Crippen LogP contribution in [0, 0.1) is 0 Å². The number of carbonyl (C=O) groups is 3. The molecule has 0 rings (SSSR count). The van der Waals surface area contributed by atoms with Crippen LogP contribution in [-0.2, 0) is 19.1 Å². The summed E-state index contributed by atoms with van der Waals surface area (Å²) in [6.07, 6.45) is 34.2. The van der Waals surface area contributed by atoms with E-state index in [-0.39, 0.29) is 24.5 Å². The van der Waals surface area contributed by atoms with E-state index in [0.29, 0.717) is 12.8 Å². The van der Waals surface area contributed by atoms with Crippen LogP contribution in [0.25, 0.3) is 0 Å². The van der Waals surface area contributed by atoms with Crippen LogP contribution in [-0.4, -0.2) is 35.6 Å². The minimum absolute atomic E-state index is 0.0842. The maximum atomic E-state index is 12.5. The Morgan fingerprint density at radius 1 is 0.675 bits per heavy atom. The van der Waals surface area contributed by atoms with Crippen molar-refractivity contribution in [2.75, 3.05) is 6.54 Å². The summed E-state index contributed by atoms with van der Waals surface area (Å²) in [7, 11) is 0. The molecule has 1 unspecified atom stereocenters. The van der Waals surface area contributed by atoms with Gasteiger partial charge >= 0.3 is 11.9 Å². The first-order valence-corrected chi connectivity index (χ1v) is 16.1. The summed E-state index contributed by atoms with van der Waals surface area (Å²) in [4.78, 5) is 34.5. The Hall–Kier alpha value is -2.37. The molecular formula is C34H59NO5. The van der Waals surface area contributed by atoms with Crippen molar-refractivity contribution in [1.82, 2.24) is 5.32 Å². The Morgan fingerprint density at radius 2 is 1.20 bits per heavy atom. The van der Waals surface area contributed by atoms with E-state index >= 15 is 0 Å². The number of esters is 1. The Balaban J connectivity index is 4.26. The molecule has 0 heterocycles. The molecule has 230 valence electrons. The van der Waals surface area contributed by atoms with Crippen LogP contribution in [0.4, 0.5) is 0 Å². The average Bonchev–Trinajstić information content (AvgIpc) is 2.93. The molecule has 0 saturated carbocycles. The number of rotatable bonds is 28. The maximum absolute atomic E-state index is 12.5. The van der Waals surface area contributed by atoms with Gasteiger partial charge in [-0.05, 0) is 51.0 Å². The monoisotopic (exact) mass is 561 g/mol.